The van der Waals surface area contributed by atoms with E-state index in [9.17, 15) is 4.79 Å². The van der Waals surface area contributed by atoms with E-state index >= 15 is 0 Å². The van der Waals surface area contributed by atoms with E-state index in [0.717, 1.165) is 38.2 Å². The van der Waals surface area contributed by atoms with E-state index in [1.807, 2.05) is 22.8 Å². The second-order valence-electron chi connectivity index (χ2n) is 6.68. The van der Waals surface area contributed by atoms with Gasteiger partial charge in [0.05, 0.1) is 11.9 Å². The van der Waals surface area contributed by atoms with E-state index in [4.69, 9.17) is 0 Å². The SMILES string of the molecule is CNC(=O)c1cnn2c(C3CCCN(Cc4cccnc4)C3)ccnc12. The fourth-order valence-electron chi connectivity index (χ4n) is 3.70. The summed E-state index contributed by atoms with van der Waals surface area (Å²) in [7, 11) is 1.62. The van der Waals surface area contributed by atoms with Gasteiger partial charge in [-0.15, -0.1) is 0 Å². The van der Waals surface area contributed by atoms with Crippen LogP contribution < -0.4 is 5.32 Å². The van der Waals surface area contributed by atoms with Gasteiger partial charge in [0.1, 0.15) is 5.56 Å². The van der Waals surface area contributed by atoms with Gasteiger partial charge in [-0.05, 0) is 37.1 Å². The Balaban J connectivity index is 1.59. The molecule has 1 saturated heterocycles. The summed E-state index contributed by atoms with van der Waals surface area (Å²) < 4.78 is 1.82. The summed E-state index contributed by atoms with van der Waals surface area (Å²) in [6.07, 6.45) is 9.35. The molecular weight excluding hydrogens is 328 g/mol. The van der Waals surface area contributed by atoms with E-state index in [-0.39, 0.29) is 5.91 Å². The van der Waals surface area contributed by atoms with Crippen LogP contribution in [0.5, 0.6) is 0 Å². The number of aromatic nitrogens is 4. The van der Waals surface area contributed by atoms with Crippen molar-refractivity contribution < 1.29 is 4.79 Å². The fourth-order valence-corrected chi connectivity index (χ4v) is 3.70. The summed E-state index contributed by atoms with van der Waals surface area (Å²) in [6, 6.07) is 6.11. The first-order valence-electron chi connectivity index (χ1n) is 8.92. The second kappa shape index (κ2) is 7.21. The van der Waals surface area contributed by atoms with Gasteiger partial charge in [0.15, 0.2) is 5.65 Å². The summed E-state index contributed by atoms with van der Waals surface area (Å²) in [4.78, 5) is 23.1. The van der Waals surface area contributed by atoms with Crippen LogP contribution in [0.4, 0.5) is 0 Å². The number of nitrogens with one attached hydrogen (secondary N) is 1. The number of carbonyl (C=O) groups is 1. The third-order valence-corrected chi connectivity index (χ3v) is 4.95. The molecule has 0 spiro atoms. The number of rotatable bonds is 4. The predicted molar refractivity (Wildman–Crippen MR) is 97.9 cm³/mol. The molecule has 134 valence electrons. The number of hydrogen-bond acceptors (Lipinski definition) is 5. The number of amides is 1. The minimum atomic E-state index is -0.161. The van der Waals surface area contributed by atoms with Crippen LogP contribution in [0.2, 0.25) is 0 Å². The Hall–Kier alpha value is -2.80. The van der Waals surface area contributed by atoms with E-state index in [2.05, 4.69) is 31.3 Å². The van der Waals surface area contributed by atoms with E-state index < -0.39 is 0 Å². The van der Waals surface area contributed by atoms with Crippen molar-refractivity contribution in [3.05, 3.63) is 59.8 Å². The van der Waals surface area contributed by atoms with Crippen LogP contribution in [0.15, 0.2) is 43.0 Å². The lowest BCUT2D eigenvalue weighted by atomic mass is 9.94. The average Bonchev–Trinajstić information content (AvgIpc) is 3.12. The average molecular weight is 350 g/mol. The first-order chi connectivity index (χ1) is 12.8. The smallest absolute Gasteiger partial charge is 0.256 e. The van der Waals surface area contributed by atoms with Crippen molar-refractivity contribution in [1.29, 1.82) is 0 Å². The van der Waals surface area contributed by atoms with Crippen LogP contribution >= 0.6 is 0 Å². The molecule has 0 aliphatic carbocycles. The Morgan fingerprint density at radius 1 is 1.31 bits per heavy atom. The van der Waals surface area contributed by atoms with Crippen molar-refractivity contribution in [1.82, 2.24) is 29.8 Å². The molecule has 7 heteroatoms. The van der Waals surface area contributed by atoms with Gasteiger partial charge < -0.3 is 5.32 Å². The molecule has 1 aliphatic heterocycles. The van der Waals surface area contributed by atoms with Crippen molar-refractivity contribution in [3.8, 4) is 0 Å². The zero-order valence-electron chi connectivity index (χ0n) is 14.8. The molecule has 0 radical (unpaired) electrons. The largest absolute Gasteiger partial charge is 0.355 e. The predicted octanol–water partition coefficient (Wildman–Crippen LogP) is 1.86. The first-order valence-corrected chi connectivity index (χ1v) is 8.92. The molecule has 4 heterocycles. The highest BCUT2D eigenvalue weighted by molar-refractivity contribution is 5.99. The molecule has 3 aromatic heterocycles. The summed E-state index contributed by atoms with van der Waals surface area (Å²) in [5, 5.41) is 7.08. The van der Waals surface area contributed by atoms with E-state index in [0.29, 0.717) is 17.1 Å². The third-order valence-electron chi connectivity index (χ3n) is 4.95. The van der Waals surface area contributed by atoms with Gasteiger partial charge >= 0.3 is 0 Å². The Morgan fingerprint density at radius 3 is 3.04 bits per heavy atom. The van der Waals surface area contributed by atoms with Crippen LogP contribution in [0, 0.1) is 0 Å². The van der Waals surface area contributed by atoms with Gasteiger partial charge in [0, 0.05) is 44.6 Å². The monoisotopic (exact) mass is 350 g/mol. The quantitative estimate of drug-likeness (QED) is 0.777. The highest BCUT2D eigenvalue weighted by atomic mass is 16.1. The maximum absolute atomic E-state index is 12.0. The van der Waals surface area contributed by atoms with Crippen LogP contribution in [0.25, 0.3) is 5.65 Å². The minimum absolute atomic E-state index is 0.161. The Bertz CT molecular complexity index is 907. The number of carbonyl (C=O) groups excluding carboxylic acids is 1. The number of nitrogens with zero attached hydrogens (tertiary/aromatic N) is 5. The van der Waals surface area contributed by atoms with Crippen LogP contribution in [-0.2, 0) is 6.54 Å². The summed E-state index contributed by atoms with van der Waals surface area (Å²) in [5.74, 6) is 0.204. The first kappa shape index (κ1) is 16.7. The normalized spacial score (nSPS) is 18.1. The zero-order chi connectivity index (χ0) is 17.9. The molecule has 1 aliphatic rings. The van der Waals surface area contributed by atoms with Crippen LogP contribution in [0.3, 0.4) is 0 Å². The maximum Gasteiger partial charge on any atom is 0.256 e. The van der Waals surface area contributed by atoms with Crippen LogP contribution in [0.1, 0.15) is 40.4 Å². The maximum atomic E-state index is 12.0. The van der Waals surface area contributed by atoms with Gasteiger partial charge in [0.2, 0.25) is 0 Å². The van der Waals surface area contributed by atoms with Crippen LogP contribution in [-0.4, -0.2) is 50.5 Å². The fraction of sp³-hybridized carbons (Fsp3) is 0.368. The number of fused-ring (bicyclic) bond motifs is 1. The minimum Gasteiger partial charge on any atom is -0.355 e. The summed E-state index contributed by atoms with van der Waals surface area (Å²) in [6.45, 7) is 2.95. The topological polar surface area (TPSA) is 75.4 Å². The molecular formula is C19H22N6O. The van der Waals surface area contributed by atoms with Gasteiger partial charge in [-0.3, -0.25) is 14.7 Å². The lowest BCUT2D eigenvalue weighted by Crippen LogP contribution is -2.34. The molecule has 26 heavy (non-hydrogen) atoms. The Morgan fingerprint density at radius 2 is 2.23 bits per heavy atom. The van der Waals surface area contributed by atoms with E-state index in [1.165, 1.54) is 5.56 Å². The Labute approximate surface area is 152 Å². The number of likely N-dealkylation sites (tertiary alicyclic amines) is 1. The molecule has 0 aromatic carbocycles. The molecule has 4 rings (SSSR count). The zero-order valence-corrected chi connectivity index (χ0v) is 14.8. The van der Waals surface area contributed by atoms with Gasteiger partial charge in [0.25, 0.3) is 5.91 Å². The highest BCUT2D eigenvalue weighted by Crippen LogP contribution is 2.28. The number of piperidine rings is 1. The van der Waals surface area contributed by atoms with Crippen molar-refractivity contribution in [3.63, 3.8) is 0 Å². The molecule has 1 amide bonds. The summed E-state index contributed by atoms with van der Waals surface area (Å²) in [5.41, 5.74) is 3.47. The molecule has 0 saturated carbocycles. The van der Waals surface area contributed by atoms with Gasteiger partial charge in [-0.1, -0.05) is 6.07 Å². The number of hydrogen-bond donors (Lipinski definition) is 1. The molecule has 1 unspecified atom stereocenters. The molecule has 1 atom stereocenters. The Kier molecular flexibility index (Phi) is 4.62. The summed E-state index contributed by atoms with van der Waals surface area (Å²) >= 11 is 0. The second-order valence-corrected chi connectivity index (χ2v) is 6.68. The van der Waals surface area contributed by atoms with Crippen molar-refractivity contribution in [2.75, 3.05) is 20.1 Å². The molecule has 1 N–H and O–H groups in total. The van der Waals surface area contributed by atoms with Gasteiger partial charge in [-0.2, -0.15) is 5.10 Å². The molecule has 7 nitrogen and oxygen atoms in total. The lowest BCUT2D eigenvalue weighted by molar-refractivity contribution is 0.0964. The van der Waals surface area contributed by atoms with Crippen molar-refractivity contribution in [2.24, 2.45) is 0 Å². The molecule has 0 bridgehead atoms. The lowest BCUT2D eigenvalue weighted by Gasteiger charge is -2.32. The van der Waals surface area contributed by atoms with Crippen molar-refractivity contribution in [2.45, 2.75) is 25.3 Å². The molecule has 1 fully saturated rings. The van der Waals surface area contributed by atoms with Gasteiger partial charge in [-0.25, -0.2) is 9.50 Å². The van der Waals surface area contributed by atoms with Crippen molar-refractivity contribution >= 4 is 11.6 Å². The number of pyridine rings is 1. The highest BCUT2D eigenvalue weighted by Gasteiger charge is 2.25. The molecule has 3 aromatic rings. The standard InChI is InChI=1S/C19H22N6O/c1-20-19(26)16-11-23-25-17(6-8-22-18(16)25)15-5-3-9-24(13-15)12-14-4-2-7-21-10-14/h2,4,6-8,10-11,15H,3,5,9,12-13H2,1H3,(H,20,26). The van der Waals surface area contributed by atoms with E-state index in [1.54, 1.807) is 25.6 Å². The third kappa shape index (κ3) is 3.17.